The molecule has 1 aliphatic rings. The zero-order chi connectivity index (χ0) is 22.5. The molecular formula is C24H26FN5O2. The van der Waals surface area contributed by atoms with Crippen LogP contribution in [0.4, 0.5) is 15.9 Å². The molecule has 1 aromatic heterocycles. The first-order valence-electron chi connectivity index (χ1n) is 10.6. The number of likely N-dealkylation sites (N-methyl/N-ethyl adjacent to an activating group) is 1. The molecule has 1 aliphatic heterocycles. The number of ether oxygens (including phenoxy) is 1. The minimum atomic E-state index is -0.744. The lowest BCUT2D eigenvalue weighted by Crippen LogP contribution is -2.44. The molecule has 7 nitrogen and oxygen atoms in total. The number of anilines is 2. The minimum Gasteiger partial charge on any atom is -0.481 e. The predicted octanol–water partition coefficient (Wildman–Crippen LogP) is 3.44. The van der Waals surface area contributed by atoms with Gasteiger partial charge in [0.1, 0.15) is 11.6 Å². The van der Waals surface area contributed by atoms with Crippen LogP contribution < -0.4 is 15.0 Å². The molecule has 2 aromatic carbocycles. The lowest BCUT2D eigenvalue weighted by atomic mass is 10.1. The van der Waals surface area contributed by atoms with Crippen LogP contribution in [0.5, 0.6) is 5.75 Å². The van der Waals surface area contributed by atoms with Crippen molar-refractivity contribution >= 4 is 17.4 Å². The number of carbonyl (C=O) groups is 1. The van der Waals surface area contributed by atoms with E-state index in [9.17, 15) is 9.18 Å². The Morgan fingerprint density at radius 3 is 2.47 bits per heavy atom. The van der Waals surface area contributed by atoms with Crippen LogP contribution in [-0.4, -0.2) is 60.3 Å². The van der Waals surface area contributed by atoms with E-state index in [1.165, 1.54) is 24.3 Å². The summed E-state index contributed by atoms with van der Waals surface area (Å²) in [6.07, 6.45) is -0.744. The molecule has 8 heteroatoms. The Labute approximate surface area is 186 Å². The van der Waals surface area contributed by atoms with Crippen molar-refractivity contribution in [3.05, 3.63) is 66.5 Å². The highest BCUT2D eigenvalue weighted by atomic mass is 19.1. The number of halogens is 1. The Balaban J connectivity index is 1.39. The standard InChI is InChI=1S/C24H26FN5O2/c1-17(32-21-8-6-19(25)7-9-21)24(31)26-20-5-3-4-18(16-20)22-10-11-23(28-27-22)30-14-12-29(2)13-15-30/h3-11,16-17H,12-15H2,1-2H3,(H,26,31). The third-order valence-corrected chi connectivity index (χ3v) is 5.40. The van der Waals surface area contributed by atoms with Crippen LogP contribution in [0.3, 0.4) is 0 Å². The van der Waals surface area contributed by atoms with Gasteiger partial charge < -0.3 is 19.9 Å². The molecule has 2 heterocycles. The number of carbonyl (C=O) groups excluding carboxylic acids is 1. The molecule has 1 fully saturated rings. The van der Waals surface area contributed by atoms with Crippen molar-refractivity contribution in [3.63, 3.8) is 0 Å². The summed E-state index contributed by atoms with van der Waals surface area (Å²) < 4.78 is 18.6. The molecule has 1 unspecified atom stereocenters. The maximum atomic E-state index is 13.0. The van der Waals surface area contributed by atoms with Gasteiger partial charge in [0.15, 0.2) is 11.9 Å². The molecule has 3 aromatic rings. The monoisotopic (exact) mass is 435 g/mol. The first-order valence-corrected chi connectivity index (χ1v) is 10.6. The van der Waals surface area contributed by atoms with Crippen molar-refractivity contribution in [1.29, 1.82) is 0 Å². The number of piperazine rings is 1. The van der Waals surface area contributed by atoms with Gasteiger partial charge in [-0.25, -0.2) is 4.39 Å². The van der Waals surface area contributed by atoms with E-state index in [2.05, 4.69) is 32.4 Å². The Hall–Kier alpha value is -3.52. The summed E-state index contributed by atoms with van der Waals surface area (Å²) in [6.45, 7) is 5.53. The highest BCUT2D eigenvalue weighted by molar-refractivity contribution is 5.94. The molecule has 166 valence electrons. The number of aromatic nitrogens is 2. The molecule has 1 N–H and O–H groups in total. The Kier molecular flexibility index (Phi) is 6.61. The van der Waals surface area contributed by atoms with Crippen molar-refractivity contribution in [1.82, 2.24) is 15.1 Å². The van der Waals surface area contributed by atoms with Gasteiger partial charge in [0.25, 0.3) is 5.91 Å². The van der Waals surface area contributed by atoms with E-state index >= 15 is 0 Å². The van der Waals surface area contributed by atoms with Crippen molar-refractivity contribution in [2.75, 3.05) is 43.4 Å². The molecule has 1 saturated heterocycles. The Morgan fingerprint density at radius 2 is 1.78 bits per heavy atom. The topological polar surface area (TPSA) is 70.6 Å². The van der Waals surface area contributed by atoms with E-state index in [4.69, 9.17) is 4.74 Å². The van der Waals surface area contributed by atoms with Gasteiger partial charge in [0.05, 0.1) is 5.69 Å². The largest absolute Gasteiger partial charge is 0.481 e. The van der Waals surface area contributed by atoms with Crippen LogP contribution in [0.25, 0.3) is 11.3 Å². The fourth-order valence-corrected chi connectivity index (χ4v) is 3.45. The summed E-state index contributed by atoms with van der Waals surface area (Å²) >= 11 is 0. The minimum absolute atomic E-state index is 0.303. The van der Waals surface area contributed by atoms with Gasteiger partial charge in [0.2, 0.25) is 0 Å². The smallest absolute Gasteiger partial charge is 0.265 e. The first kappa shape index (κ1) is 21.7. The van der Waals surface area contributed by atoms with Gasteiger partial charge in [-0.1, -0.05) is 12.1 Å². The lowest BCUT2D eigenvalue weighted by Gasteiger charge is -2.32. The summed E-state index contributed by atoms with van der Waals surface area (Å²) in [4.78, 5) is 17.1. The summed E-state index contributed by atoms with van der Waals surface area (Å²) in [5, 5.41) is 11.6. The van der Waals surface area contributed by atoms with Gasteiger partial charge >= 0.3 is 0 Å². The van der Waals surface area contributed by atoms with E-state index in [-0.39, 0.29) is 11.7 Å². The molecule has 32 heavy (non-hydrogen) atoms. The maximum absolute atomic E-state index is 13.0. The van der Waals surface area contributed by atoms with Gasteiger partial charge in [0, 0.05) is 37.4 Å². The molecule has 0 spiro atoms. The van der Waals surface area contributed by atoms with E-state index in [0.717, 1.165) is 43.3 Å². The quantitative estimate of drug-likeness (QED) is 0.640. The van der Waals surface area contributed by atoms with Crippen LogP contribution in [0.1, 0.15) is 6.92 Å². The van der Waals surface area contributed by atoms with Gasteiger partial charge in [-0.2, -0.15) is 0 Å². The molecule has 0 saturated carbocycles. The first-order chi connectivity index (χ1) is 15.5. The van der Waals surface area contributed by atoms with E-state index in [0.29, 0.717) is 11.4 Å². The van der Waals surface area contributed by atoms with Crippen molar-refractivity contribution in [2.45, 2.75) is 13.0 Å². The van der Waals surface area contributed by atoms with Gasteiger partial charge in [-0.15, -0.1) is 10.2 Å². The predicted molar refractivity (Wildman–Crippen MR) is 122 cm³/mol. The number of hydrogen-bond acceptors (Lipinski definition) is 6. The number of nitrogens with zero attached hydrogens (tertiary/aromatic N) is 4. The molecule has 0 radical (unpaired) electrons. The van der Waals surface area contributed by atoms with Crippen LogP contribution in [0, 0.1) is 5.82 Å². The molecular weight excluding hydrogens is 409 g/mol. The summed E-state index contributed by atoms with van der Waals surface area (Å²) in [5.74, 6) is 0.644. The van der Waals surface area contributed by atoms with Crippen molar-refractivity contribution in [2.24, 2.45) is 0 Å². The SMILES string of the molecule is CC(Oc1ccc(F)cc1)C(=O)Nc1cccc(-c2ccc(N3CCN(C)CC3)nn2)c1. The molecule has 0 aliphatic carbocycles. The zero-order valence-corrected chi connectivity index (χ0v) is 18.2. The van der Waals surface area contributed by atoms with Crippen molar-refractivity contribution in [3.8, 4) is 17.0 Å². The average Bonchev–Trinajstić information content (AvgIpc) is 2.81. The lowest BCUT2D eigenvalue weighted by molar-refractivity contribution is -0.122. The van der Waals surface area contributed by atoms with E-state index in [1.54, 1.807) is 13.0 Å². The summed E-state index contributed by atoms with van der Waals surface area (Å²) in [7, 11) is 2.12. The van der Waals surface area contributed by atoms with Crippen LogP contribution in [0.15, 0.2) is 60.7 Å². The second-order valence-corrected chi connectivity index (χ2v) is 7.85. The van der Waals surface area contributed by atoms with Crippen LogP contribution in [-0.2, 0) is 4.79 Å². The zero-order valence-electron chi connectivity index (χ0n) is 18.2. The van der Waals surface area contributed by atoms with Gasteiger partial charge in [-0.05, 0) is 62.5 Å². The fraction of sp³-hybridized carbons (Fsp3) is 0.292. The summed E-state index contributed by atoms with van der Waals surface area (Å²) in [6, 6.07) is 16.9. The number of amides is 1. The van der Waals surface area contributed by atoms with Crippen LogP contribution >= 0.6 is 0 Å². The van der Waals surface area contributed by atoms with E-state index in [1.807, 2.05) is 30.3 Å². The molecule has 1 atom stereocenters. The molecule has 1 amide bonds. The number of rotatable bonds is 6. The molecule has 0 bridgehead atoms. The number of nitrogens with one attached hydrogen (secondary N) is 1. The normalized spacial score (nSPS) is 15.3. The Bertz CT molecular complexity index is 1050. The summed E-state index contributed by atoms with van der Waals surface area (Å²) in [5.41, 5.74) is 2.22. The maximum Gasteiger partial charge on any atom is 0.265 e. The third-order valence-electron chi connectivity index (χ3n) is 5.40. The van der Waals surface area contributed by atoms with Crippen LogP contribution in [0.2, 0.25) is 0 Å². The second kappa shape index (κ2) is 9.74. The third kappa shape index (κ3) is 5.39. The van der Waals surface area contributed by atoms with Crippen molar-refractivity contribution < 1.29 is 13.9 Å². The fourth-order valence-electron chi connectivity index (χ4n) is 3.45. The highest BCUT2D eigenvalue weighted by Crippen LogP contribution is 2.23. The highest BCUT2D eigenvalue weighted by Gasteiger charge is 2.17. The molecule has 4 rings (SSSR count). The Morgan fingerprint density at radius 1 is 1.03 bits per heavy atom. The number of hydrogen-bond donors (Lipinski definition) is 1. The second-order valence-electron chi connectivity index (χ2n) is 7.85. The number of benzene rings is 2. The average molecular weight is 436 g/mol. The van der Waals surface area contributed by atoms with Gasteiger partial charge in [-0.3, -0.25) is 4.79 Å². The van der Waals surface area contributed by atoms with E-state index < -0.39 is 6.10 Å².